The van der Waals surface area contributed by atoms with Crippen molar-refractivity contribution in [3.05, 3.63) is 53.9 Å². The van der Waals surface area contributed by atoms with E-state index >= 15 is 0 Å². The van der Waals surface area contributed by atoms with Gasteiger partial charge in [-0.3, -0.25) is 14.6 Å². The Morgan fingerprint density at radius 1 is 1.15 bits per heavy atom. The van der Waals surface area contributed by atoms with Gasteiger partial charge in [-0.25, -0.2) is 0 Å². The van der Waals surface area contributed by atoms with Crippen LogP contribution in [0.1, 0.15) is 46.4 Å². The van der Waals surface area contributed by atoms with E-state index < -0.39 is 5.91 Å². The lowest BCUT2D eigenvalue weighted by Gasteiger charge is -2.36. The first-order chi connectivity index (χ1) is 13.1. The standard InChI is InChI=1S/C21H25N3O3/c1-27-11-9-19-4-2-3-10-24(19)21(26)16-7-5-15(6-8-16)17-12-18(20(22)25)14-23-13-17/h5-8,12-14,19H,2-4,9-11H2,1H3,(H2,22,25)/t19-/m1/s1. The van der Waals surface area contributed by atoms with Gasteiger partial charge < -0.3 is 15.4 Å². The second-order valence-corrected chi connectivity index (χ2v) is 6.83. The highest BCUT2D eigenvalue weighted by Gasteiger charge is 2.27. The van der Waals surface area contributed by atoms with Gasteiger partial charge in [0, 0.05) is 49.8 Å². The largest absolute Gasteiger partial charge is 0.385 e. The van der Waals surface area contributed by atoms with Crippen molar-refractivity contribution in [1.29, 1.82) is 0 Å². The first kappa shape index (κ1) is 19.0. The van der Waals surface area contributed by atoms with Gasteiger partial charge in [-0.2, -0.15) is 0 Å². The molecule has 1 atom stereocenters. The summed E-state index contributed by atoms with van der Waals surface area (Å²) in [5, 5.41) is 0. The number of piperidine rings is 1. The van der Waals surface area contributed by atoms with Crippen molar-refractivity contribution in [2.45, 2.75) is 31.7 Å². The first-order valence-electron chi connectivity index (χ1n) is 9.25. The zero-order valence-electron chi connectivity index (χ0n) is 15.6. The molecule has 1 aliphatic rings. The molecule has 1 aromatic carbocycles. The molecule has 0 saturated carbocycles. The predicted molar refractivity (Wildman–Crippen MR) is 103 cm³/mol. The van der Waals surface area contributed by atoms with E-state index in [-0.39, 0.29) is 11.9 Å². The second-order valence-electron chi connectivity index (χ2n) is 6.83. The molecule has 0 unspecified atom stereocenters. The molecule has 27 heavy (non-hydrogen) atoms. The Balaban J connectivity index is 1.77. The fourth-order valence-corrected chi connectivity index (χ4v) is 3.53. The third-order valence-electron chi connectivity index (χ3n) is 5.03. The van der Waals surface area contributed by atoms with Crippen LogP contribution in [-0.4, -0.2) is 48.0 Å². The van der Waals surface area contributed by atoms with Gasteiger partial charge >= 0.3 is 0 Å². The number of rotatable bonds is 6. The lowest BCUT2D eigenvalue weighted by atomic mass is 9.97. The maximum Gasteiger partial charge on any atom is 0.254 e. The average molecular weight is 367 g/mol. The molecule has 3 rings (SSSR count). The highest BCUT2D eigenvalue weighted by atomic mass is 16.5. The second kappa shape index (κ2) is 8.77. The maximum absolute atomic E-state index is 13.0. The molecule has 0 bridgehead atoms. The summed E-state index contributed by atoms with van der Waals surface area (Å²) in [5.74, 6) is -0.449. The summed E-state index contributed by atoms with van der Waals surface area (Å²) in [6.07, 6.45) is 7.21. The number of benzene rings is 1. The minimum absolute atomic E-state index is 0.0614. The van der Waals surface area contributed by atoms with E-state index in [1.54, 1.807) is 19.4 Å². The highest BCUT2D eigenvalue weighted by Crippen LogP contribution is 2.24. The Kier molecular flexibility index (Phi) is 6.19. The van der Waals surface area contributed by atoms with Gasteiger partial charge in [-0.05, 0) is 49.4 Å². The molecule has 1 fully saturated rings. The van der Waals surface area contributed by atoms with Gasteiger partial charge in [0.25, 0.3) is 5.91 Å². The fraction of sp³-hybridized carbons (Fsp3) is 0.381. The number of likely N-dealkylation sites (tertiary alicyclic amines) is 1. The number of nitrogens with zero attached hydrogens (tertiary/aromatic N) is 2. The van der Waals surface area contributed by atoms with Crippen LogP contribution in [-0.2, 0) is 4.74 Å². The number of primary amides is 1. The van der Waals surface area contributed by atoms with Crippen molar-refractivity contribution < 1.29 is 14.3 Å². The summed E-state index contributed by atoms with van der Waals surface area (Å²) >= 11 is 0. The number of carbonyl (C=O) groups excluding carboxylic acids is 2. The maximum atomic E-state index is 13.0. The minimum Gasteiger partial charge on any atom is -0.385 e. The summed E-state index contributed by atoms with van der Waals surface area (Å²) in [4.78, 5) is 30.4. The molecule has 1 aromatic heterocycles. The smallest absolute Gasteiger partial charge is 0.254 e. The van der Waals surface area contributed by atoms with E-state index in [4.69, 9.17) is 10.5 Å². The topological polar surface area (TPSA) is 85.5 Å². The highest BCUT2D eigenvalue weighted by molar-refractivity contribution is 5.95. The molecule has 2 N–H and O–H groups in total. The monoisotopic (exact) mass is 367 g/mol. The van der Waals surface area contributed by atoms with Crippen molar-refractivity contribution in [2.75, 3.05) is 20.3 Å². The summed E-state index contributed by atoms with van der Waals surface area (Å²) < 4.78 is 5.19. The van der Waals surface area contributed by atoms with Crippen LogP contribution in [0.3, 0.4) is 0 Å². The van der Waals surface area contributed by atoms with Gasteiger partial charge in [0.05, 0.1) is 5.56 Å². The molecular weight excluding hydrogens is 342 g/mol. The zero-order chi connectivity index (χ0) is 19.2. The summed E-state index contributed by atoms with van der Waals surface area (Å²) in [6, 6.07) is 9.36. The number of nitrogens with two attached hydrogens (primary N) is 1. The first-order valence-corrected chi connectivity index (χ1v) is 9.25. The van der Waals surface area contributed by atoms with Crippen molar-refractivity contribution in [2.24, 2.45) is 5.73 Å². The van der Waals surface area contributed by atoms with Crippen molar-refractivity contribution in [1.82, 2.24) is 9.88 Å². The Labute approximate surface area is 159 Å². The molecule has 2 aromatic rings. The van der Waals surface area contributed by atoms with E-state index in [0.717, 1.165) is 43.4 Å². The van der Waals surface area contributed by atoms with Crippen LogP contribution in [0.5, 0.6) is 0 Å². The van der Waals surface area contributed by atoms with Gasteiger partial charge in [0.15, 0.2) is 0 Å². The molecular formula is C21H25N3O3. The van der Waals surface area contributed by atoms with Crippen LogP contribution in [0.25, 0.3) is 11.1 Å². The van der Waals surface area contributed by atoms with Crippen molar-refractivity contribution in [3.63, 3.8) is 0 Å². The molecule has 0 aliphatic carbocycles. The van der Waals surface area contributed by atoms with Gasteiger partial charge in [0.1, 0.15) is 0 Å². The SMILES string of the molecule is COCC[C@H]1CCCCN1C(=O)c1ccc(-c2cncc(C(N)=O)c2)cc1. The van der Waals surface area contributed by atoms with Gasteiger partial charge in [0.2, 0.25) is 5.91 Å². The minimum atomic E-state index is -0.511. The van der Waals surface area contributed by atoms with Crippen molar-refractivity contribution in [3.8, 4) is 11.1 Å². The summed E-state index contributed by atoms with van der Waals surface area (Å²) in [6.45, 7) is 1.45. The quantitative estimate of drug-likeness (QED) is 0.851. The van der Waals surface area contributed by atoms with Gasteiger partial charge in [-0.15, -0.1) is 0 Å². The molecule has 1 saturated heterocycles. The lowest BCUT2D eigenvalue weighted by molar-refractivity contribution is 0.0553. The fourth-order valence-electron chi connectivity index (χ4n) is 3.53. The summed E-state index contributed by atoms with van der Waals surface area (Å²) in [7, 11) is 1.69. The molecule has 2 heterocycles. The number of amides is 2. The predicted octanol–water partition coefficient (Wildman–Crippen LogP) is 2.88. The molecule has 6 nitrogen and oxygen atoms in total. The Hall–Kier alpha value is -2.73. The third-order valence-corrected chi connectivity index (χ3v) is 5.03. The van der Waals surface area contributed by atoms with E-state index in [0.29, 0.717) is 17.7 Å². The van der Waals surface area contributed by atoms with Crippen LogP contribution in [0.4, 0.5) is 0 Å². The average Bonchev–Trinajstić information content (AvgIpc) is 2.72. The number of ether oxygens (including phenoxy) is 1. The van der Waals surface area contributed by atoms with E-state index in [1.165, 1.54) is 6.20 Å². The van der Waals surface area contributed by atoms with Crippen LogP contribution in [0.15, 0.2) is 42.7 Å². The molecule has 0 spiro atoms. The Morgan fingerprint density at radius 2 is 1.93 bits per heavy atom. The number of carbonyl (C=O) groups is 2. The molecule has 6 heteroatoms. The van der Waals surface area contributed by atoms with Crippen LogP contribution in [0.2, 0.25) is 0 Å². The van der Waals surface area contributed by atoms with E-state index in [9.17, 15) is 9.59 Å². The molecule has 2 amide bonds. The summed E-state index contributed by atoms with van der Waals surface area (Å²) in [5.41, 5.74) is 8.03. The number of aromatic nitrogens is 1. The lowest BCUT2D eigenvalue weighted by Crippen LogP contribution is -2.44. The Morgan fingerprint density at radius 3 is 2.63 bits per heavy atom. The van der Waals surface area contributed by atoms with E-state index in [1.807, 2.05) is 29.2 Å². The normalized spacial score (nSPS) is 16.9. The molecule has 0 radical (unpaired) electrons. The van der Waals surface area contributed by atoms with Crippen LogP contribution >= 0.6 is 0 Å². The van der Waals surface area contributed by atoms with Crippen LogP contribution in [0, 0.1) is 0 Å². The number of hydrogen-bond acceptors (Lipinski definition) is 4. The molecule has 142 valence electrons. The third kappa shape index (κ3) is 4.52. The van der Waals surface area contributed by atoms with E-state index in [2.05, 4.69) is 4.98 Å². The zero-order valence-corrected chi connectivity index (χ0v) is 15.6. The molecule has 1 aliphatic heterocycles. The number of methoxy groups -OCH3 is 1. The number of pyridine rings is 1. The number of hydrogen-bond donors (Lipinski definition) is 1. The van der Waals surface area contributed by atoms with Gasteiger partial charge in [-0.1, -0.05) is 12.1 Å². The van der Waals surface area contributed by atoms with Crippen LogP contribution < -0.4 is 5.73 Å². The Bertz CT molecular complexity index is 805. The van der Waals surface area contributed by atoms with Crippen molar-refractivity contribution >= 4 is 11.8 Å².